The number of carbonyl (C=O) groups is 1. The Morgan fingerprint density at radius 1 is 1.50 bits per heavy atom. The summed E-state index contributed by atoms with van der Waals surface area (Å²) >= 11 is 1.35. The van der Waals surface area contributed by atoms with Crippen molar-refractivity contribution in [3.8, 4) is 5.75 Å². The number of benzene rings is 1. The number of hydrogen-bond donors (Lipinski definition) is 1. The molecule has 0 bridgehead atoms. The highest BCUT2D eigenvalue weighted by atomic mass is 32.1. The zero-order chi connectivity index (χ0) is 15.5. The van der Waals surface area contributed by atoms with E-state index in [0.29, 0.717) is 28.6 Å². The minimum atomic E-state index is -0.400. The first-order chi connectivity index (χ1) is 10.6. The number of carbonyl (C=O) groups excluding carboxylic acids is 1. The molecule has 2 aromatic rings. The molecule has 1 aromatic heterocycles. The lowest BCUT2D eigenvalue weighted by Gasteiger charge is -2.19. The lowest BCUT2D eigenvalue weighted by Crippen LogP contribution is -2.13. The number of halogens is 1. The molecule has 0 saturated carbocycles. The molecule has 0 fully saturated rings. The third kappa shape index (κ3) is 3.32. The van der Waals surface area contributed by atoms with E-state index in [1.165, 1.54) is 35.6 Å². The van der Waals surface area contributed by atoms with Crippen molar-refractivity contribution in [2.24, 2.45) is 0 Å². The second-order valence-corrected chi connectivity index (χ2v) is 5.57. The second-order valence-electron chi connectivity index (χ2n) is 4.71. The Balaban J connectivity index is 1.77. The van der Waals surface area contributed by atoms with E-state index in [9.17, 15) is 9.18 Å². The number of aryl methyl sites for hydroxylation is 1. The lowest BCUT2D eigenvalue weighted by molar-refractivity contribution is -0.111. The lowest BCUT2D eigenvalue weighted by atomic mass is 10.1. The van der Waals surface area contributed by atoms with Crippen LogP contribution in [-0.4, -0.2) is 17.7 Å². The highest BCUT2D eigenvalue weighted by molar-refractivity contribution is 7.13. The zero-order valence-corrected chi connectivity index (χ0v) is 12.6. The Morgan fingerprint density at radius 2 is 2.36 bits per heavy atom. The van der Waals surface area contributed by atoms with Crippen LogP contribution in [0.25, 0.3) is 6.08 Å². The highest BCUT2D eigenvalue weighted by Gasteiger charge is 2.15. The fourth-order valence-electron chi connectivity index (χ4n) is 2.06. The van der Waals surface area contributed by atoms with Crippen LogP contribution < -0.4 is 10.1 Å². The highest BCUT2D eigenvalue weighted by Crippen LogP contribution is 2.30. The number of thiazole rings is 1. The van der Waals surface area contributed by atoms with Gasteiger partial charge in [0.2, 0.25) is 5.91 Å². The van der Waals surface area contributed by atoms with E-state index < -0.39 is 5.82 Å². The van der Waals surface area contributed by atoms with Crippen molar-refractivity contribution >= 4 is 28.5 Å². The van der Waals surface area contributed by atoms with Crippen molar-refractivity contribution < 1.29 is 18.7 Å². The molecular formula is C15H13FN2O3S. The van der Waals surface area contributed by atoms with Gasteiger partial charge in [-0.25, -0.2) is 9.37 Å². The summed E-state index contributed by atoms with van der Waals surface area (Å²) in [5, 5.41) is 5.02. The van der Waals surface area contributed by atoms with Gasteiger partial charge in [0.1, 0.15) is 11.6 Å². The van der Waals surface area contributed by atoms with Crippen LogP contribution in [0.3, 0.4) is 0 Å². The van der Waals surface area contributed by atoms with Gasteiger partial charge < -0.3 is 9.47 Å². The fraction of sp³-hybridized carbons (Fsp3) is 0.200. The number of fused-ring (bicyclic) bond motifs is 1. The standard InChI is InChI=1S/C15H13FN2O3S/c1-9-7-22-15(17-9)18-13(19)3-2-10-4-12(16)5-11-6-20-8-21-14(10)11/h2-5,7H,6,8H2,1H3,(H,17,18,19)/b3-2+. The largest absolute Gasteiger partial charge is 0.467 e. The predicted molar refractivity (Wildman–Crippen MR) is 81.2 cm³/mol. The number of anilines is 1. The molecule has 1 aliphatic heterocycles. The van der Waals surface area contributed by atoms with E-state index in [-0.39, 0.29) is 12.7 Å². The number of hydrogen-bond acceptors (Lipinski definition) is 5. The average molecular weight is 320 g/mol. The van der Waals surface area contributed by atoms with Crippen LogP contribution in [0, 0.1) is 12.7 Å². The van der Waals surface area contributed by atoms with Crippen LogP contribution in [0.5, 0.6) is 5.75 Å². The Labute approximate surface area is 130 Å². The molecule has 0 radical (unpaired) electrons. The van der Waals surface area contributed by atoms with E-state index in [2.05, 4.69) is 10.3 Å². The maximum absolute atomic E-state index is 13.6. The SMILES string of the molecule is Cc1csc(NC(=O)/C=C/c2cc(F)cc3c2OCOC3)n1. The van der Waals surface area contributed by atoms with E-state index in [1.54, 1.807) is 0 Å². The first-order valence-electron chi connectivity index (χ1n) is 6.56. The van der Waals surface area contributed by atoms with Gasteiger partial charge in [-0.1, -0.05) is 0 Å². The molecule has 2 heterocycles. The molecular weight excluding hydrogens is 307 g/mol. The van der Waals surface area contributed by atoms with Crippen LogP contribution in [0.4, 0.5) is 9.52 Å². The summed E-state index contributed by atoms with van der Waals surface area (Å²) < 4.78 is 24.1. The van der Waals surface area contributed by atoms with E-state index in [4.69, 9.17) is 9.47 Å². The van der Waals surface area contributed by atoms with Crippen LogP contribution >= 0.6 is 11.3 Å². The van der Waals surface area contributed by atoms with Crippen LogP contribution in [0.1, 0.15) is 16.8 Å². The number of ether oxygens (including phenoxy) is 2. The van der Waals surface area contributed by atoms with Gasteiger partial charge in [0.15, 0.2) is 11.9 Å². The zero-order valence-electron chi connectivity index (χ0n) is 11.8. The molecule has 1 amide bonds. The van der Waals surface area contributed by atoms with Crippen molar-refractivity contribution in [1.29, 1.82) is 0 Å². The van der Waals surface area contributed by atoms with Crippen molar-refractivity contribution in [2.75, 3.05) is 12.1 Å². The Bertz CT molecular complexity index is 742. The first-order valence-corrected chi connectivity index (χ1v) is 7.44. The normalized spacial score (nSPS) is 13.7. The van der Waals surface area contributed by atoms with E-state index >= 15 is 0 Å². The summed E-state index contributed by atoms with van der Waals surface area (Å²) in [4.78, 5) is 16.0. The summed E-state index contributed by atoms with van der Waals surface area (Å²) in [6.45, 7) is 2.25. The number of nitrogens with one attached hydrogen (secondary N) is 1. The molecule has 3 rings (SSSR count). The molecule has 114 valence electrons. The molecule has 0 aliphatic carbocycles. The monoisotopic (exact) mass is 320 g/mol. The summed E-state index contributed by atoms with van der Waals surface area (Å²) in [5.74, 6) is -0.190. The quantitative estimate of drug-likeness (QED) is 0.883. The van der Waals surface area contributed by atoms with Gasteiger partial charge in [-0.15, -0.1) is 11.3 Å². The first kappa shape index (κ1) is 14.7. The van der Waals surface area contributed by atoms with Gasteiger partial charge in [0, 0.05) is 22.6 Å². The number of aromatic nitrogens is 1. The molecule has 5 nitrogen and oxygen atoms in total. The molecule has 7 heteroatoms. The molecule has 1 aliphatic rings. The molecule has 1 N–H and O–H groups in total. The van der Waals surface area contributed by atoms with Crippen molar-refractivity contribution in [1.82, 2.24) is 4.98 Å². The van der Waals surface area contributed by atoms with Gasteiger partial charge in [-0.2, -0.15) is 0 Å². The average Bonchev–Trinajstić information content (AvgIpc) is 2.89. The van der Waals surface area contributed by atoms with E-state index in [0.717, 1.165) is 5.69 Å². The smallest absolute Gasteiger partial charge is 0.250 e. The fourth-order valence-corrected chi connectivity index (χ4v) is 2.75. The predicted octanol–water partition coefficient (Wildman–Crippen LogP) is 3.11. The van der Waals surface area contributed by atoms with Gasteiger partial charge >= 0.3 is 0 Å². The number of rotatable bonds is 3. The van der Waals surface area contributed by atoms with Crippen LogP contribution in [-0.2, 0) is 16.1 Å². The molecule has 1 aromatic carbocycles. The third-order valence-corrected chi connectivity index (χ3v) is 3.84. The molecule has 0 unspecified atom stereocenters. The van der Waals surface area contributed by atoms with E-state index in [1.807, 2.05) is 12.3 Å². The van der Waals surface area contributed by atoms with Gasteiger partial charge in [0.05, 0.1) is 12.3 Å². The maximum atomic E-state index is 13.6. The maximum Gasteiger partial charge on any atom is 0.250 e. The number of amides is 1. The summed E-state index contributed by atoms with van der Waals surface area (Å²) in [6.07, 6.45) is 2.84. The topological polar surface area (TPSA) is 60.5 Å². The van der Waals surface area contributed by atoms with Gasteiger partial charge in [0.25, 0.3) is 0 Å². The Hall–Kier alpha value is -2.25. The third-order valence-electron chi connectivity index (χ3n) is 2.97. The molecule has 0 spiro atoms. The van der Waals surface area contributed by atoms with Crippen LogP contribution in [0.15, 0.2) is 23.6 Å². The number of nitrogens with zero attached hydrogens (tertiary/aromatic N) is 1. The summed E-state index contributed by atoms with van der Waals surface area (Å²) in [7, 11) is 0. The van der Waals surface area contributed by atoms with Crippen molar-refractivity contribution in [3.63, 3.8) is 0 Å². The molecule has 0 saturated heterocycles. The van der Waals surface area contributed by atoms with Crippen molar-refractivity contribution in [2.45, 2.75) is 13.5 Å². The summed E-state index contributed by atoms with van der Waals surface area (Å²) in [6, 6.07) is 2.69. The van der Waals surface area contributed by atoms with Crippen molar-refractivity contribution in [3.05, 3.63) is 46.2 Å². The van der Waals surface area contributed by atoms with Gasteiger partial charge in [-0.05, 0) is 25.1 Å². The Kier molecular flexibility index (Phi) is 4.17. The molecule has 0 atom stereocenters. The van der Waals surface area contributed by atoms with Crippen LogP contribution in [0.2, 0.25) is 0 Å². The second kappa shape index (κ2) is 6.25. The van der Waals surface area contributed by atoms with Gasteiger partial charge in [-0.3, -0.25) is 10.1 Å². The Morgan fingerprint density at radius 3 is 3.14 bits per heavy atom. The minimum Gasteiger partial charge on any atom is -0.467 e. The molecule has 22 heavy (non-hydrogen) atoms. The summed E-state index contributed by atoms with van der Waals surface area (Å²) in [5.41, 5.74) is 1.97. The minimum absolute atomic E-state index is 0.115.